The zero-order valence-corrected chi connectivity index (χ0v) is 17.8. The Labute approximate surface area is 177 Å². The van der Waals surface area contributed by atoms with Gasteiger partial charge in [-0.15, -0.1) is 0 Å². The van der Waals surface area contributed by atoms with Gasteiger partial charge >= 0.3 is 5.91 Å². The van der Waals surface area contributed by atoms with E-state index in [1.54, 1.807) is 13.0 Å². The molecule has 0 unspecified atom stereocenters. The first-order valence-corrected chi connectivity index (χ1v) is 10.6. The number of amides is 1. The second kappa shape index (κ2) is 8.30. The Balaban J connectivity index is 1.55. The number of para-hydroxylation sites is 1. The highest BCUT2D eigenvalue weighted by atomic mass is 16.3. The van der Waals surface area contributed by atoms with E-state index in [9.17, 15) is 9.90 Å². The Morgan fingerprint density at radius 3 is 2.57 bits per heavy atom. The summed E-state index contributed by atoms with van der Waals surface area (Å²) in [5.74, 6) is 0.316. The Kier molecular flexibility index (Phi) is 5.57. The maximum atomic E-state index is 12.9. The average molecular weight is 405 g/mol. The van der Waals surface area contributed by atoms with Crippen LogP contribution in [0.25, 0.3) is 0 Å². The largest absolute Gasteiger partial charge is 0.505 e. The SMILES string of the molecule is CC1=NN(c2ccc(C)c(C)c2)C(=O)/C1=N\Nc1cccc(C2CCCCC2)c1O. The van der Waals surface area contributed by atoms with Crippen molar-refractivity contribution in [1.29, 1.82) is 0 Å². The first kappa shape index (κ1) is 20.1. The number of rotatable bonds is 4. The topological polar surface area (TPSA) is 77.3 Å². The van der Waals surface area contributed by atoms with Gasteiger partial charge in [-0.25, -0.2) is 0 Å². The summed E-state index contributed by atoms with van der Waals surface area (Å²) in [7, 11) is 0. The molecule has 0 aromatic heterocycles. The summed E-state index contributed by atoms with van der Waals surface area (Å²) in [6.45, 7) is 5.80. The van der Waals surface area contributed by atoms with Crippen molar-refractivity contribution < 1.29 is 9.90 Å². The molecule has 0 atom stereocenters. The summed E-state index contributed by atoms with van der Waals surface area (Å²) in [4.78, 5) is 12.9. The third-order valence-corrected chi connectivity index (χ3v) is 6.12. The lowest BCUT2D eigenvalue weighted by Gasteiger charge is -2.23. The second-order valence-corrected chi connectivity index (χ2v) is 8.22. The van der Waals surface area contributed by atoms with Gasteiger partial charge in [0.2, 0.25) is 0 Å². The Morgan fingerprint density at radius 2 is 1.83 bits per heavy atom. The number of nitrogens with zero attached hydrogens (tertiary/aromatic N) is 3. The molecule has 0 saturated heterocycles. The fourth-order valence-electron chi connectivity index (χ4n) is 4.17. The van der Waals surface area contributed by atoms with Gasteiger partial charge in [-0.05, 0) is 74.4 Å². The van der Waals surface area contributed by atoms with E-state index in [1.165, 1.54) is 24.3 Å². The van der Waals surface area contributed by atoms with Gasteiger partial charge in [0.15, 0.2) is 5.71 Å². The van der Waals surface area contributed by atoms with E-state index in [1.807, 2.05) is 44.2 Å². The minimum atomic E-state index is -0.286. The lowest BCUT2D eigenvalue weighted by Crippen LogP contribution is -2.28. The fraction of sp³-hybridized carbons (Fsp3) is 0.375. The predicted molar refractivity (Wildman–Crippen MR) is 122 cm³/mol. The van der Waals surface area contributed by atoms with E-state index in [-0.39, 0.29) is 17.4 Å². The van der Waals surface area contributed by atoms with Crippen LogP contribution in [0.3, 0.4) is 0 Å². The smallest absolute Gasteiger partial charge is 0.301 e. The maximum Gasteiger partial charge on any atom is 0.301 e. The van der Waals surface area contributed by atoms with Gasteiger partial charge < -0.3 is 5.11 Å². The number of carbonyl (C=O) groups excluding carboxylic acids is 1. The predicted octanol–water partition coefficient (Wildman–Crippen LogP) is 5.25. The maximum absolute atomic E-state index is 12.9. The number of aromatic hydroxyl groups is 1. The van der Waals surface area contributed by atoms with Crippen LogP contribution < -0.4 is 10.4 Å². The molecule has 1 heterocycles. The zero-order valence-electron chi connectivity index (χ0n) is 17.8. The average Bonchev–Trinajstić information content (AvgIpc) is 3.03. The van der Waals surface area contributed by atoms with E-state index < -0.39 is 0 Å². The van der Waals surface area contributed by atoms with Gasteiger partial charge in [0.25, 0.3) is 0 Å². The highest BCUT2D eigenvalue weighted by Crippen LogP contribution is 2.40. The molecule has 1 aliphatic heterocycles. The number of hydrogen-bond acceptors (Lipinski definition) is 5. The van der Waals surface area contributed by atoms with Crippen LogP contribution in [0.1, 0.15) is 61.6 Å². The minimum Gasteiger partial charge on any atom is -0.505 e. The molecule has 2 N–H and O–H groups in total. The van der Waals surface area contributed by atoms with Crippen LogP contribution in [0.5, 0.6) is 5.75 Å². The second-order valence-electron chi connectivity index (χ2n) is 8.22. The van der Waals surface area contributed by atoms with Crippen molar-refractivity contribution in [3.63, 3.8) is 0 Å². The summed E-state index contributed by atoms with van der Waals surface area (Å²) in [5, 5.41) is 20.8. The van der Waals surface area contributed by atoms with Crippen LogP contribution >= 0.6 is 0 Å². The first-order chi connectivity index (χ1) is 14.5. The van der Waals surface area contributed by atoms with Crippen molar-refractivity contribution in [2.45, 2.75) is 58.8 Å². The Bertz CT molecular complexity index is 1040. The number of hydrazone groups is 2. The van der Waals surface area contributed by atoms with Crippen molar-refractivity contribution in [2.75, 3.05) is 10.4 Å². The fourth-order valence-corrected chi connectivity index (χ4v) is 4.17. The number of benzene rings is 2. The molecule has 6 heteroatoms. The van der Waals surface area contributed by atoms with Crippen molar-refractivity contribution >= 4 is 28.7 Å². The van der Waals surface area contributed by atoms with Crippen molar-refractivity contribution in [2.24, 2.45) is 10.2 Å². The molecule has 1 amide bonds. The Hall–Kier alpha value is -3.15. The summed E-state index contributed by atoms with van der Waals surface area (Å²) in [6, 6.07) is 11.5. The van der Waals surface area contributed by atoms with E-state index in [2.05, 4.69) is 15.6 Å². The molecule has 0 radical (unpaired) electrons. The highest BCUT2D eigenvalue weighted by molar-refractivity contribution is 6.71. The monoisotopic (exact) mass is 404 g/mol. The van der Waals surface area contributed by atoms with Crippen molar-refractivity contribution in [3.8, 4) is 5.75 Å². The normalized spacial score (nSPS) is 18.8. The van der Waals surface area contributed by atoms with Crippen LogP contribution in [0.4, 0.5) is 11.4 Å². The van der Waals surface area contributed by atoms with Gasteiger partial charge in [0.05, 0.1) is 17.1 Å². The van der Waals surface area contributed by atoms with Crippen LogP contribution in [-0.4, -0.2) is 22.4 Å². The van der Waals surface area contributed by atoms with Crippen LogP contribution in [-0.2, 0) is 4.79 Å². The van der Waals surface area contributed by atoms with Crippen LogP contribution in [0, 0.1) is 13.8 Å². The molecular weight excluding hydrogens is 376 g/mol. The van der Waals surface area contributed by atoms with E-state index in [0.29, 0.717) is 17.3 Å². The molecule has 1 fully saturated rings. The first-order valence-electron chi connectivity index (χ1n) is 10.6. The molecule has 0 spiro atoms. The van der Waals surface area contributed by atoms with Gasteiger partial charge in [-0.3, -0.25) is 10.2 Å². The van der Waals surface area contributed by atoms with Crippen molar-refractivity contribution in [3.05, 3.63) is 53.1 Å². The van der Waals surface area contributed by atoms with Gasteiger partial charge in [-0.1, -0.05) is 37.5 Å². The summed E-state index contributed by atoms with van der Waals surface area (Å²) < 4.78 is 0. The third-order valence-electron chi connectivity index (χ3n) is 6.12. The number of aryl methyl sites for hydroxylation is 2. The summed E-state index contributed by atoms with van der Waals surface area (Å²) >= 11 is 0. The van der Waals surface area contributed by atoms with Crippen LogP contribution in [0.15, 0.2) is 46.6 Å². The van der Waals surface area contributed by atoms with E-state index in [0.717, 1.165) is 35.2 Å². The molecule has 2 aliphatic rings. The number of carbonyl (C=O) groups is 1. The summed E-state index contributed by atoms with van der Waals surface area (Å²) in [6.07, 6.45) is 5.85. The molecule has 2 aromatic carbocycles. The number of phenols is 1. The lowest BCUT2D eigenvalue weighted by molar-refractivity contribution is -0.112. The number of nitrogens with one attached hydrogen (secondary N) is 1. The minimum absolute atomic E-state index is 0.222. The molecule has 30 heavy (non-hydrogen) atoms. The summed E-state index contributed by atoms with van der Waals surface area (Å²) in [5.41, 5.74) is 8.12. The molecule has 4 rings (SSSR count). The zero-order chi connectivity index (χ0) is 21.3. The number of phenolic OH excluding ortho intramolecular Hbond substituents is 1. The molecule has 2 aromatic rings. The lowest BCUT2D eigenvalue weighted by atomic mass is 9.83. The number of anilines is 2. The molecular formula is C24H28N4O2. The standard InChI is InChI=1S/C24H28N4O2/c1-15-12-13-19(14-16(15)2)28-24(30)22(17(3)27-28)26-25-21-11-7-10-20(23(21)29)18-8-5-4-6-9-18/h7,10-14,18,25,29H,4-6,8-9H2,1-3H3/b26-22-. The molecule has 1 aliphatic carbocycles. The number of hydrogen-bond donors (Lipinski definition) is 2. The molecule has 1 saturated carbocycles. The molecule has 6 nitrogen and oxygen atoms in total. The third kappa shape index (κ3) is 3.82. The quantitative estimate of drug-likeness (QED) is 0.540. The van der Waals surface area contributed by atoms with Gasteiger partial charge in [0, 0.05) is 0 Å². The highest BCUT2D eigenvalue weighted by Gasteiger charge is 2.31. The molecule has 0 bridgehead atoms. The van der Waals surface area contributed by atoms with E-state index in [4.69, 9.17) is 0 Å². The van der Waals surface area contributed by atoms with Gasteiger partial charge in [0.1, 0.15) is 5.75 Å². The molecule has 156 valence electrons. The van der Waals surface area contributed by atoms with E-state index >= 15 is 0 Å². The Morgan fingerprint density at radius 1 is 1.07 bits per heavy atom. The van der Waals surface area contributed by atoms with Crippen molar-refractivity contribution in [1.82, 2.24) is 0 Å². The van der Waals surface area contributed by atoms with Crippen LogP contribution in [0.2, 0.25) is 0 Å². The van der Waals surface area contributed by atoms with Gasteiger partial charge in [-0.2, -0.15) is 15.2 Å².